The normalized spacial score (nSPS) is 23.5. The fourth-order valence-electron chi connectivity index (χ4n) is 3.68. The van der Waals surface area contributed by atoms with Crippen molar-refractivity contribution in [2.45, 2.75) is 52.0 Å². The number of halogens is 6. The molecule has 0 saturated carbocycles. The number of thioether (sulfide) groups is 1. The highest BCUT2D eigenvalue weighted by atomic mass is 35.6. The quantitative estimate of drug-likeness (QED) is 0.271. The SMILES string of the molecule is CC1(C)S[C@@H]2C(N(C(=O)OCC(Cl)(Cl)Cl)S(=O)(=O)C(F)(F)F)C(=O)N2[C@H]1C(=O)OCc1ccccc1. The molecule has 2 aliphatic heterocycles. The maximum Gasteiger partial charge on any atom is 0.516 e. The summed E-state index contributed by atoms with van der Waals surface area (Å²) in [5, 5.41) is -1.33. The molecule has 3 rings (SSSR count). The van der Waals surface area contributed by atoms with Crippen molar-refractivity contribution in [3.8, 4) is 0 Å². The average Bonchev–Trinajstić information content (AvgIpc) is 3.00. The average molecular weight is 614 g/mol. The van der Waals surface area contributed by atoms with Crippen LogP contribution in [0.1, 0.15) is 19.4 Å². The van der Waals surface area contributed by atoms with Gasteiger partial charge in [0.25, 0.3) is 5.91 Å². The number of rotatable bonds is 6. The molecule has 2 aliphatic rings. The van der Waals surface area contributed by atoms with E-state index >= 15 is 0 Å². The van der Waals surface area contributed by atoms with E-state index in [1.165, 1.54) is 13.8 Å². The number of β-lactam (4-membered cyclic amide) rings is 1. The number of benzene rings is 1. The first kappa shape index (κ1) is 29.0. The second-order valence-corrected chi connectivity index (χ2v) is 14.3. The maximum atomic E-state index is 13.4. The topological polar surface area (TPSA) is 110 Å². The Labute approximate surface area is 223 Å². The highest BCUT2D eigenvalue weighted by molar-refractivity contribution is 8.01. The summed E-state index contributed by atoms with van der Waals surface area (Å²) >= 11 is 17.1. The Kier molecular flexibility index (Phi) is 7.99. The van der Waals surface area contributed by atoms with Gasteiger partial charge in [0.05, 0.1) is 0 Å². The van der Waals surface area contributed by atoms with E-state index in [2.05, 4.69) is 4.74 Å². The van der Waals surface area contributed by atoms with Crippen LogP contribution in [0.25, 0.3) is 0 Å². The van der Waals surface area contributed by atoms with Crippen molar-refractivity contribution in [1.29, 1.82) is 0 Å². The van der Waals surface area contributed by atoms with Gasteiger partial charge in [0.1, 0.15) is 24.6 Å². The summed E-state index contributed by atoms with van der Waals surface area (Å²) in [5.41, 5.74) is -5.31. The molecule has 36 heavy (non-hydrogen) atoms. The van der Waals surface area contributed by atoms with Gasteiger partial charge >= 0.3 is 27.6 Å². The Morgan fingerprint density at radius 2 is 1.72 bits per heavy atom. The fraction of sp³-hybridized carbons (Fsp3) is 0.526. The van der Waals surface area contributed by atoms with E-state index in [0.29, 0.717) is 5.56 Å². The molecule has 3 atom stereocenters. The van der Waals surface area contributed by atoms with Crippen molar-refractivity contribution < 1.29 is 45.4 Å². The van der Waals surface area contributed by atoms with Gasteiger partial charge in [-0.2, -0.15) is 25.9 Å². The number of hydrogen-bond donors (Lipinski definition) is 0. The first-order valence-corrected chi connectivity index (χ1v) is 13.4. The number of alkyl halides is 6. The molecule has 17 heteroatoms. The van der Waals surface area contributed by atoms with Gasteiger partial charge in [-0.3, -0.25) is 4.79 Å². The first-order valence-electron chi connectivity index (χ1n) is 9.93. The Morgan fingerprint density at radius 1 is 1.14 bits per heavy atom. The van der Waals surface area contributed by atoms with Gasteiger partial charge in [-0.15, -0.1) is 11.8 Å². The van der Waals surface area contributed by atoms with Crippen molar-refractivity contribution in [1.82, 2.24) is 9.21 Å². The molecule has 0 N–H and O–H groups in total. The third-order valence-electron chi connectivity index (χ3n) is 5.20. The zero-order valence-corrected chi connectivity index (χ0v) is 22.3. The molecule has 9 nitrogen and oxygen atoms in total. The van der Waals surface area contributed by atoms with Gasteiger partial charge < -0.3 is 14.4 Å². The van der Waals surface area contributed by atoms with Crippen LogP contribution in [0.3, 0.4) is 0 Å². The lowest BCUT2D eigenvalue weighted by Gasteiger charge is -2.47. The minimum Gasteiger partial charge on any atom is -0.459 e. The van der Waals surface area contributed by atoms with Crippen molar-refractivity contribution in [3.05, 3.63) is 35.9 Å². The molecule has 1 aromatic carbocycles. The zero-order chi connectivity index (χ0) is 27.3. The summed E-state index contributed by atoms with van der Waals surface area (Å²) < 4.78 is 70.4. The van der Waals surface area contributed by atoms with Gasteiger partial charge in [-0.05, 0) is 19.4 Å². The first-order chi connectivity index (χ1) is 16.4. The molecular formula is C19H18Cl3F3N2O7S2. The number of carbonyl (C=O) groups excluding carboxylic acids is 3. The molecule has 200 valence electrons. The van der Waals surface area contributed by atoms with Gasteiger partial charge in [-0.25, -0.2) is 9.59 Å². The van der Waals surface area contributed by atoms with E-state index in [1.54, 1.807) is 30.3 Å². The van der Waals surface area contributed by atoms with Crippen LogP contribution in [-0.4, -0.2) is 73.7 Å². The van der Waals surface area contributed by atoms with E-state index in [9.17, 15) is 36.0 Å². The monoisotopic (exact) mass is 612 g/mol. The molecule has 0 aromatic heterocycles. The highest BCUT2D eigenvalue weighted by Gasteiger charge is 2.70. The standard InChI is InChI=1S/C19H18Cl3F3N2O7S2/c1-17(2)12(15(29)33-8-10-6-4-3-5-7-10)26-13(28)11(14(26)35-17)27(36(31,32)19(23,24)25)16(30)34-9-18(20,21)22/h3-7,11-12,14H,8-9H2,1-2H3/t11?,12-,14+/m0/s1. The second kappa shape index (κ2) is 9.93. The Balaban J connectivity index is 1.87. The lowest BCUT2D eigenvalue weighted by atomic mass is 9.96. The van der Waals surface area contributed by atoms with E-state index < -0.39 is 70.4 Å². The Hall–Kier alpha value is -1.61. The van der Waals surface area contributed by atoms with Crippen LogP contribution in [0.2, 0.25) is 0 Å². The second-order valence-electron chi connectivity index (χ2n) is 8.21. The van der Waals surface area contributed by atoms with E-state index in [0.717, 1.165) is 16.7 Å². The highest BCUT2D eigenvalue weighted by Crippen LogP contribution is 2.53. The van der Waals surface area contributed by atoms with Crippen LogP contribution in [0.5, 0.6) is 0 Å². The van der Waals surface area contributed by atoms with Crippen molar-refractivity contribution in [3.63, 3.8) is 0 Å². The van der Waals surface area contributed by atoms with Crippen molar-refractivity contribution in [2.75, 3.05) is 6.61 Å². The van der Waals surface area contributed by atoms with Crippen molar-refractivity contribution in [2.24, 2.45) is 0 Å². The molecule has 2 heterocycles. The summed E-state index contributed by atoms with van der Waals surface area (Å²) in [7, 11) is -6.41. The molecule has 1 unspecified atom stereocenters. The number of hydrogen-bond acceptors (Lipinski definition) is 8. The molecule has 2 fully saturated rings. The molecule has 2 saturated heterocycles. The van der Waals surface area contributed by atoms with Crippen LogP contribution < -0.4 is 0 Å². The largest absolute Gasteiger partial charge is 0.516 e. The third kappa shape index (κ3) is 5.62. The van der Waals surface area contributed by atoms with Crippen LogP contribution >= 0.6 is 46.6 Å². The van der Waals surface area contributed by atoms with Gasteiger partial charge in [-0.1, -0.05) is 65.1 Å². The van der Waals surface area contributed by atoms with E-state index in [4.69, 9.17) is 39.5 Å². The number of ether oxygens (including phenoxy) is 2. The molecule has 1 aromatic rings. The number of fused-ring (bicyclic) bond motifs is 1. The van der Waals surface area contributed by atoms with Crippen molar-refractivity contribution >= 4 is 74.6 Å². The van der Waals surface area contributed by atoms with Gasteiger partial charge in [0.2, 0.25) is 3.79 Å². The van der Waals surface area contributed by atoms with Crippen LogP contribution in [-0.2, 0) is 35.7 Å². The number of esters is 1. The Bertz CT molecular complexity index is 1150. The molecule has 2 amide bonds. The molecular weight excluding hydrogens is 596 g/mol. The molecule has 0 bridgehead atoms. The summed E-state index contributed by atoms with van der Waals surface area (Å²) in [6, 6.07) is 5.15. The number of carbonyl (C=O) groups is 3. The fourth-order valence-corrected chi connectivity index (χ4v) is 6.56. The number of amides is 2. The molecule has 0 aliphatic carbocycles. The van der Waals surface area contributed by atoms with Gasteiger partial charge in [0.15, 0.2) is 6.04 Å². The minimum absolute atomic E-state index is 0.134. The molecule has 0 radical (unpaired) electrons. The summed E-state index contributed by atoms with van der Waals surface area (Å²) in [6.07, 6.45) is -2.06. The zero-order valence-electron chi connectivity index (χ0n) is 18.4. The number of nitrogens with zero attached hydrogens (tertiary/aromatic N) is 2. The lowest BCUT2D eigenvalue weighted by molar-refractivity contribution is -0.166. The predicted molar refractivity (Wildman–Crippen MR) is 125 cm³/mol. The van der Waals surface area contributed by atoms with Gasteiger partial charge in [0, 0.05) is 4.75 Å². The molecule has 0 spiro atoms. The lowest BCUT2D eigenvalue weighted by Crippen LogP contribution is -2.73. The Morgan fingerprint density at radius 3 is 2.25 bits per heavy atom. The third-order valence-corrected chi connectivity index (χ3v) is 8.57. The smallest absolute Gasteiger partial charge is 0.459 e. The van der Waals surface area contributed by atoms with E-state index in [1.807, 2.05) is 0 Å². The maximum absolute atomic E-state index is 13.4. The van der Waals surface area contributed by atoms with Crippen LogP contribution in [0.4, 0.5) is 18.0 Å². The summed E-state index contributed by atoms with van der Waals surface area (Å²) in [4.78, 5) is 39.2. The summed E-state index contributed by atoms with van der Waals surface area (Å²) in [6.45, 7) is 1.82. The predicted octanol–water partition coefficient (Wildman–Crippen LogP) is 3.82. The summed E-state index contributed by atoms with van der Waals surface area (Å²) in [5.74, 6) is -2.08. The van der Waals surface area contributed by atoms with E-state index in [-0.39, 0.29) is 6.61 Å². The number of sulfonamides is 1. The van der Waals surface area contributed by atoms with Crippen LogP contribution in [0.15, 0.2) is 30.3 Å². The van der Waals surface area contributed by atoms with Crippen LogP contribution in [0, 0.1) is 0 Å². The minimum atomic E-state index is -6.41.